The average molecular weight is 587 g/mol. The zero-order valence-electron chi connectivity index (χ0n) is 24.3. The predicted octanol–water partition coefficient (Wildman–Crippen LogP) is 4.19. The third-order valence-corrected chi connectivity index (χ3v) is 8.31. The lowest BCUT2D eigenvalue weighted by atomic mass is 9.89. The van der Waals surface area contributed by atoms with Crippen LogP contribution in [0.3, 0.4) is 0 Å². The Kier molecular flexibility index (Phi) is 8.72. The van der Waals surface area contributed by atoms with E-state index in [1.807, 2.05) is 36.4 Å². The van der Waals surface area contributed by atoms with Gasteiger partial charge in [-0.3, -0.25) is 39.6 Å². The Bertz CT molecular complexity index is 1480. The monoisotopic (exact) mass is 586 g/mol. The highest BCUT2D eigenvalue weighted by Crippen LogP contribution is 2.24. The summed E-state index contributed by atoms with van der Waals surface area (Å²) in [6, 6.07) is 34.3. The van der Waals surface area contributed by atoms with Crippen LogP contribution in [0.4, 0.5) is 0 Å². The highest BCUT2D eigenvalue weighted by molar-refractivity contribution is 6.22. The number of rotatable bonds is 13. The fourth-order valence-electron chi connectivity index (χ4n) is 6.10. The van der Waals surface area contributed by atoms with E-state index >= 15 is 0 Å². The van der Waals surface area contributed by atoms with E-state index in [0.717, 1.165) is 12.8 Å². The number of carbonyl (C=O) groups excluding carboxylic acids is 4. The van der Waals surface area contributed by atoms with Crippen LogP contribution in [-0.2, 0) is 12.8 Å². The first kappa shape index (κ1) is 29.2. The van der Waals surface area contributed by atoms with Gasteiger partial charge in [0.1, 0.15) is 0 Å². The summed E-state index contributed by atoms with van der Waals surface area (Å²) in [4.78, 5) is 54.4. The number of benzene rings is 4. The Balaban J connectivity index is 1.18. The molecule has 0 radical (unpaired) electrons. The number of hydrogen-bond acceptors (Lipinski definition) is 6. The number of nitrogens with zero attached hydrogens (tertiary/aromatic N) is 2. The smallest absolute Gasteiger partial charge is 0.261 e. The Morgan fingerprint density at radius 3 is 1.11 bits per heavy atom. The van der Waals surface area contributed by atoms with Gasteiger partial charge in [-0.15, -0.1) is 0 Å². The topological polar surface area (TPSA) is 98.8 Å². The number of carbonyl (C=O) groups is 4. The highest BCUT2D eigenvalue weighted by atomic mass is 16.2. The Labute approximate surface area is 256 Å². The second-order valence-corrected chi connectivity index (χ2v) is 11.1. The summed E-state index contributed by atoms with van der Waals surface area (Å²) < 4.78 is 0. The van der Waals surface area contributed by atoms with Crippen molar-refractivity contribution in [1.82, 2.24) is 20.4 Å². The molecule has 44 heavy (non-hydrogen) atoms. The van der Waals surface area contributed by atoms with E-state index in [1.165, 1.54) is 20.9 Å². The normalized spacial score (nSPS) is 14.2. The Morgan fingerprint density at radius 1 is 0.455 bits per heavy atom. The quantitative estimate of drug-likeness (QED) is 0.180. The second-order valence-electron chi connectivity index (χ2n) is 11.1. The molecule has 0 atom stereocenters. The molecular weight excluding hydrogens is 552 g/mol. The van der Waals surface area contributed by atoms with Crippen molar-refractivity contribution < 1.29 is 19.2 Å². The predicted molar refractivity (Wildman–Crippen MR) is 167 cm³/mol. The van der Waals surface area contributed by atoms with Crippen LogP contribution in [-0.4, -0.2) is 65.8 Å². The van der Waals surface area contributed by atoms with E-state index in [1.54, 1.807) is 48.5 Å². The fourth-order valence-corrected chi connectivity index (χ4v) is 6.10. The summed E-state index contributed by atoms with van der Waals surface area (Å²) in [5.74, 6) is -1.07. The Morgan fingerprint density at radius 2 is 0.773 bits per heavy atom. The van der Waals surface area contributed by atoms with Gasteiger partial charge in [-0.2, -0.15) is 0 Å². The van der Waals surface area contributed by atoms with Gasteiger partial charge in [-0.1, -0.05) is 84.9 Å². The number of hydrogen-bond donors (Lipinski definition) is 2. The van der Waals surface area contributed by atoms with Crippen LogP contribution < -0.4 is 10.6 Å². The van der Waals surface area contributed by atoms with Crippen LogP contribution in [0.25, 0.3) is 0 Å². The third kappa shape index (κ3) is 6.08. The average Bonchev–Trinajstić information content (AvgIpc) is 3.45. The van der Waals surface area contributed by atoms with Gasteiger partial charge in [0, 0.05) is 26.2 Å². The zero-order chi connectivity index (χ0) is 30.5. The number of imide groups is 2. The molecule has 2 aliphatic heterocycles. The van der Waals surface area contributed by atoms with Crippen molar-refractivity contribution in [1.29, 1.82) is 0 Å². The van der Waals surface area contributed by atoms with Gasteiger partial charge in [-0.25, -0.2) is 0 Å². The maximum atomic E-state index is 13.0. The van der Waals surface area contributed by atoms with Gasteiger partial charge in [0.05, 0.1) is 28.4 Å². The number of amides is 4. The van der Waals surface area contributed by atoms with Crippen molar-refractivity contribution in [3.05, 3.63) is 143 Å². The van der Waals surface area contributed by atoms with Crippen LogP contribution in [0, 0.1) is 5.92 Å². The van der Waals surface area contributed by atoms with E-state index in [0.29, 0.717) is 35.3 Å². The maximum Gasteiger partial charge on any atom is 0.261 e. The highest BCUT2D eigenvalue weighted by Gasteiger charge is 2.36. The van der Waals surface area contributed by atoms with Crippen molar-refractivity contribution in [3.8, 4) is 0 Å². The second kappa shape index (κ2) is 13.2. The molecule has 4 aromatic carbocycles. The molecule has 0 saturated carbocycles. The lowest BCUT2D eigenvalue weighted by molar-refractivity contribution is 0.0643. The molecule has 4 aromatic rings. The van der Waals surface area contributed by atoms with Gasteiger partial charge in [-0.05, 0) is 54.2 Å². The fraction of sp³-hybridized carbons (Fsp3) is 0.222. The molecule has 2 N–H and O–H groups in total. The minimum absolute atomic E-state index is 0.0733. The minimum Gasteiger partial charge on any atom is -0.300 e. The molecule has 8 heteroatoms. The van der Waals surface area contributed by atoms with Gasteiger partial charge >= 0.3 is 0 Å². The summed E-state index contributed by atoms with van der Waals surface area (Å²) in [7, 11) is 0. The molecule has 0 spiro atoms. The van der Waals surface area contributed by atoms with Crippen LogP contribution in [0.5, 0.6) is 0 Å². The number of nitrogens with one attached hydrogen (secondary N) is 2. The van der Waals surface area contributed by atoms with Crippen molar-refractivity contribution >= 4 is 23.6 Å². The first-order chi connectivity index (χ1) is 21.5. The van der Waals surface area contributed by atoms with Crippen LogP contribution in [0.1, 0.15) is 52.6 Å². The first-order valence-electron chi connectivity index (χ1n) is 15.0. The van der Waals surface area contributed by atoms with Crippen LogP contribution in [0.15, 0.2) is 109 Å². The van der Waals surface area contributed by atoms with Crippen LogP contribution in [0.2, 0.25) is 0 Å². The maximum absolute atomic E-state index is 13.0. The molecule has 0 bridgehead atoms. The first-order valence-corrected chi connectivity index (χ1v) is 15.0. The van der Waals surface area contributed by atoms with E-state index in [9.17, 15) is 19.2 Å². The zero-order valence-corrected chi connectivity index (χ0v) is 24.3. The third-order valence-electron chi connectivity index (χ3n) is 8.31. The lowest BCUT2D eigenvalue weighted by Crippen LogP contribution is -2.53. The van der Waals surface area contributed by atoms with E-state index in [4.69, 9.17) is 0 Å². The van der Waals surface area contributed by atoms with Gasteiger partial charge in [0.15, 0.2) is 0 Å². The van der Waals surface area contributed by atoms with Crippen molar-refractivity contribution in [2.45, 2.75) is 19.0 Å². The molecule has 0 fully saturated rings. The molecule has 2 heterocycles. The SMILES string of the molecule is O=C1c2ccccc2C(=O)N1CCNC(NCCN1C(=O)c2ccccc2C1=O)C(Cc1ccccc1)Cc1ccccc1. The summed E-state index contributed by atoms with van der Waals surface area (Å²) in [6.45, 7) is 1.17. The molecule has 0 aliphatic carbocycles. The lowest BCUT2D eigenvalue weighted by Gasteiger charge is -2.31. The molecular formula is C36H34N4O4. The molecule has 0 unspecified atom stereocenters. The molecule has 4 amide bonds. The standard InChI is InChI=1S/C36H34N4O4/c41-33-28-15-7-8-16-29(28)34(42)39(33)21-19-37-32(38-20-22-40-35(43)30-17-9-10-18-31(30)36(40)44)27(23-25-11-3-1-4-12-25)24-26-13-5-2-6-14-26/h1-18,27,32,37-38H,19-24H2. The van der Waals surface area contributed by atoms with Gasteiger partial charge in [0.25, 0.3) is 23.6 Å². The van der Waals surface area contributed by atoms with E-state index < -0.39 is 0 Å². The van der Waals surface area contributed by atoms with E-state index in [-0.39, 0.29) is 48.8 Å². The molecule has 6 rings (SSSR count). The largest absolute Gasteiger partial charge is 0.300 e. The molecule has 222 valence electrons. The van der Waals surface area contributed by atoms with Crippen molar-refractivity contribution in [2.24, 2.45) is 5.92 Å². The summed E-state index contributed by atoms with van der Waals surface area (Å²) in [5.41, 5.74) is 4.09. The minimum atomic E-state index is -0.285. The van der Waals surface area contributed by atoms with Crippen molar-refractivity contribution in [3.63, 3.8) is 0 Å². The van der Waals surface area contributed by atoms with Gasteiger partial charge in [0.2, 0.25) is 0 Å². The van der Waals surface area contributed by atoms with E-state index in [2.05, 4.69) is 34.9 Å². The van der Waals surface area contributed by atoms with Crippen LogP contribution >= 0.6 is 0 Å². The van der Waals surface area contributed by atoms with Gasteiger partial charge < -0.3 is 0 Å². The molecule has 0 saturated heterocycles. The summed E-state index contributed by atoms with van der Waals surface area (Å²) in [6.07, 6.45) is 1.28. The van der Waals surface area contributed by atoms with Crippen molar-refractivity contribution in [2.75, 3.05) is 26.2 Å². The number of fused-ring (bicyclic) bond motifs is 2. The summed E-state index contributed by atoms with van der Waals surface area (Å²) >= 11 is 0. The molecule has 8 nitrogen and oxygen atoms in total. The summed E-state index contributed by atoms with van der Waals surface area (Å²) in [5, 5.41) is 7.15. The Hall–Kier alpha value is -4.92. The molecule has 0 aromatic heterocycles. The molecule has 2 aliphatic rings.